The molecule has 1 fully saturated rings. The van der Waals surface area contributed by atoms with Crippen LogP contribution in [0.2, 0.25) is 5.02 Å². The van der Waals surface area contributed by atoms with Gasteiger partial charge in [-0.05, 0) is 24.6 Å². The maximum Gasteiger partial charge on any atom is 0.417 e. The summed E-state index contributed by atoms with van der Waals surface area (Å²) in [4.78, 5) is 13.1. The Morgan fingerprint density at radius 2 is 2.15 bits per heavy atom. The molecule has 1 aromatic rings. The Balaban J connectivity index is 2.12. The van der Waals surface area contributed by atoms with Crippen LogP contribution in [-0.4, -0.2) is 35.2 Å². The lowest BCUT2D eigenvalue weighted by Crippen LogP contribution is -2.33. The minimum absolute atomic E-state index is 0.00751. The molecule has 1 heterocycles. The summed E-state index contributed by atoms with van der Waals surface area (Å²) in [5, 5.41) is 11.3. The molecule has 2 amide bonds. The molecule has 1 aromatic carbocycles. The highest BCUT2D eigenvalue weighted by atomic mass is 35.5. The Hall–Kier alpha value is -1.47. The smallest absolute Gasteiger partial charge is 0.391 e. The predicted octanol–water partition coefficient (Wildman–Crippen LogP) is 2.96. The number of β-amino-alcohol motifs (C(OH)–C–C–N with tert-alkyl or cyclic N) is 1. The summed E-state index contributed by atoms with van der Waals surface area (Å²) in [6.45, 7) is 0.540. The van der Waals surface area contributed by atoms with Crippen LogP contribution in [0.15, 0.2) is 18.2 Å². The van der Waals surface area contributed by atoms with Gasteiger partial charge in [0.2, 0.25) is 0 Å². The van der Waals surface area contributed by atoms with Crippen molar-refractivity contribution in [3.05, 3.63) is 28.8 Å². The molecule has 110 valence electrons. The van der Waals surface area contributed by atoms with Gasteiger partial charge in [0.05, 0.1) is 16.7 Å². The zero-order chi connectivity index (χ0) is 14.9. The maximum absolute atomic E-state index is 12.7. The van der Waals surface area contributed by atoms with E-state index in [1.165, 1.54) is 11.0 Å². The molecule has 2 N–H and O–H groups in total. The Kier molecular flexibility index (Phi) is 4.10. The molecule has 4 nitrogen and oxygen atoms in total. The number of amides is 2. The first-order valence-corrected chi connectivity index (χ1v) is 6.26. The number of carbonyl (C=O) groups is 1. The molecule has 0 saturated carbocycles. The minimum atomic E-state index is -4.58. The molecule has 0 radical (unpaired) electrons. The number of aliphatic hydroxyl groups excluding tert-OH is 1. The van der Waals surface area contributed by atoms with Crippen molar-refractivity contribution in [3.8, 4) is 0 Å². The van der Waals surface area contributed by atoms with Crippen LogP contribution in [0, 0.1) is 0 Å². The van der Waals surface area contributed by atoms with Gasteiger partial charge in [0.15, 0.2) is 0 Å². The Morgan fingerprint density at radius 3 is 2.70 bits per heavy atom. The number of anilines is 1. The number of rotatable bonds is 1. The van der Waals surface area contributed by atoms with Crippen molar-refractivity contribution >= 4 is 23.3 Å². The Bertz CT molecular complexity index is 522. The number of alkyl halides is 3. The molecule has 8 heteroatoms. The third kappa shape index (κ3) is 3.34. The number of urea groups is 1. The second kappa shape index (κ2) is 5.49. The summed E-state index contributed by atoms with van der Waals surface area (Å²) in [5.74, 6) is 0. The van der Waals surface area contributed by atoms with Crippen molar-refractivity contribution in [3.63, 3.8) is 0 Å². The first kappa shape index (κ1) is 14.9. The zero-order valence-electron chi connectivity index (χ0n) is 10.2. The van der Waals surface area contributed by atoms with Gasteiger partial charge in [-0.2, -0.15) is 13.2 Å². The van der Waals surface area contributed by atoms with Gasteiger partial charge in [0, 0.05) is 18.8 Å². The number of halogens is 4. The number of hydrogen-bond donors (Lipinski definition) is 2. The van der Waals surface area contributed by atoms with Gasteiger partial charge in [-0.1, -0.05) is 11.6 Å². The SMILES string of the molecule is O=C(Nc1ccc(Cl)c(C(F)(F)F)c1)N1CC[C@@H](O)C1. The van der Waals surface area contributed by atoms with Crippen LogP contribution >= 0.6 is 11.6 Å². The van der Waals surface area contributed by atoms with Gasteiger partial charge in [0.1, 0.15) is 0 Å². The molecule has 1 aliphatic rings. The molecule has 0 aliphatic carbocycles. The quantitative estimate of drug-likeness (QED) is 0.838. The van der Waals surface area contributed by atoms with Crippen molar-refractivity contribution in [2.45, 2.75) is 18.7 Å². The fraction of sp³-hybridized carbons (Fsp3) is 0.417. The van der Waals surface area contributed by atoms with Gasteiger partial charge >= 0.3 is 12.2 Å². The number of nitrogens with one attached hydrogen (secondary N) is 1. The second-order valence-electron chi connectivity index (χ2n) is 4.51. The van der Waals surface area contributed by atoms with E-state index in [0.717, 1.165) is 12.1 Å². The van der Waals surface area contributed by atoms with Crippen molar-refractivity contribution in [2.24, 2.45) is 0 Å². The van der Waals surface area contributed by atoms with Crippen LogP contribution in [0.4, 0.5) is 23.7 Å². The number of carbonyl (C=O) groups excluding carboxylic acids is 1. The summed E-state index contributed by atoms with van der Waals surface area (Å²) in [7, 11) is 0. The van der Waals surface area contributed by atoms with E-state index in [0.29, 0.717) is 13.0 Å². The molecule has 1 saturated heterocycles. The van der Waals surface area contributed by atoms with Crippen LogP contribution in [0.3, 0.4) is 0 Å². The molecule has 0 spiro atoms. The van der Waals surface area contributed by atoms with Crippen molar-refractivity contribution in [1.82, 2.24) is 4.90 Å². The molecule has 1 atom stereocenters. The zero-order valence-corrected chi connectivity index (χ0v) is 11.0. The molecule has 0 aromatic heterocycles. The lowest BCUT2D eigenvalue weighted by Gasteiger charge is -2.17. The predicted molar refractivity (Wildman–Crippen MR) is 67.7 cm³/mol. The van der Waals surface area contributed by atoms with Crippen molar-refractivity contribution in [1.29, 1.82) is 0 Å². The number of aliphatic hydroxyl groups is 1. The van der Waals surface area contributed by atoms with Crippen molar-refractivity contribution < 1.29 is 23.1 Å². The molecule has 1 aliphatic heterocycles. The maximum atomic E-state index is 12.7. The van der Waals surface area contributed by atoms with E-state index in [-0.39, 0.29) is 12.2 Å². The summed E-state index contributed by atoms with van der Waals surface area (Å²) in [5.41, 5.74) is -0.994. The highest BCUT2D eigenvalue weighted by molar-refractivity contribution is 6.31. The Morgan fingerprint density at radius 1 is 1.45 bits per heavy atom. The lowest BCUT2D eigenvalue weighted by molar-refractivity contribution is -0.137. The topological polar surface area (TPSA) is 52.6 Å². The summed E-state index contributed by atoms with van der Waals surface area (Å²) in [6, 6.07) is 2.62. The first-order valence-electron chi connectivity index (χ1n) is 5.88. The van der Waals surface area contributed by atoms with Gasteiger partial charge in [-0.15, -0.1) is 0 Å². The van der Waals surface area contributed by atoms with Gasteiger partial charge in [-0.3, -0.25) is 0 Å². The fourth-order valence-electron chi connectivity index (χ4n) is 1.95. The standard InChI is InChI=1S/C12H12ClF3N2O2/c13-10-2-1-7(5-9(10)12(14,15)16)17-11(20)18-4-3-8(19)6-18/h1-2,5,8,19H,3-4,6H2,(H,17,20)/t8-/m1/s1. The highest BCUT2D eigenvalue weighted by Crippen LogP contribution is 2.36. The van der Waals surface area contributed by atoms with E-state index in [9.17, 15) is 23.1 Å². The number of benzene rings is 1. The van der Waals surface area contributed by atoms with Gasteiger partial charge in [0.25, 0.3) is 0 Å². The molecule has 0 unspecified atom stereocenters. The normalized spacial score (nSPS) is 19.2. The van der Waals surface area contributed by atoms with Crippen LogP contribution in [-0.2, 0) is 6.18 Å². The van der Waals surface area contributed by atoms with E-state index in [1.54, 1.807) is 0 Å². The lowest BCUT2D eigenvalue weighted by atomic mass is 10.2. The molecule has 2 rings (SSSR count). The van der Waals surface area contributed by atoms with E-state index < -0.39 is 28.9 Å². The summed E-state index contributed by atoms with van der Waals surface area (Å²) < 4.78 is 38.0. The summed E-state index contributed by atoms with van der Waals surface area (Å²) >= 11 is 5.49. The molecular formula is C12H12ClF3N2O2. The number of likely N-dealkylation sites (tertiary alicyclic amines) is 1. The first-order chi connectivity index (χ1) is 9.27. The average molecular weight is 309 g/mol. The number of hydrogen-bond acceptors (Lipinski definition) is 2. The number of nitrogens with zero attached hydrogens (tertiary/aromatic N) is 1. The minimum Gasteiger partial charge on any atom is -0.391 e. The van der Waals surface area contributed by atoms with E-state index in [2.05, 4.69) is 5.32 Å². The van der Waals surface area contributed by atoms with Gasteiger partial charge < -0.3 is 15.3 Å². The third-order valence-corrected chi connectivity index (χ3v) is 3.30. The fourth-order valence-corrected chi connectivity index (χ4v) is 2.17. The second-order valence-corrected chi connectivity index (χ2v) is 4.92. The van der Waals surface area contributed by atoms with Crippen LogP contribution < -0.4 is 5.32 Å². The van der Waals surface area contributed by atoms with Crippen molar-refractivity contribution in [2.75, 3.05) is 18.4 Å². The Labute approximate surface area is 118 Å². The van der Waals surface area contributed by atoms with Crippen LogP contribution in [0.1, 0.15) is 12.0 Å². The van der Waals surface area contributed by atoms with E-state index >= 15 is 0 Å². The third-order valence-electron chi connectivity index (χ3n) is 2.97. The van der Waals surface area contributed by atoms with Gasteiger partial charge in [-0.25, -0.2) is 4.79 Å². The molecule has 0 bridgehead atoms. The molecular weight excluding hydrogens is 297 g/mol. The largest absolute Gasteiger partial charge is 0.417 e. The highest BCUT2D eigenvalue weighted by Gasteiger charge is 2.33. The monoisotopic (exact) mass is 308 g/mol. The van der Waals surface area contributed by atoms with Crippen LogP contribution in [0.5, 0.6) is 0 Å². The van der Waals surface area contributed by atoms with Crippen LogP contribution in [0.25, 0.3) is 0 Å². The van der Waals surface area contributed by atoms with E-state index in [1.807, 2.05) is 0 Å². The summed E-state index contributed by atoms with van der Waals surface area (Å²) in [6.07, 6.45) is -4.71. The van der Waals surface area contributed by atoms with E-state index in [4.69, 9.17) is 11.6 Å². The molecule has 20 heavy (non-hydrogen) atoms. The average Bonchev–Trinajstić information content (AvgIpc) is 2.77.